The van der Waals surface area contributed by atoms with Gasteiger partial charge in [-0.1, -0.05) is 11.6 Å². The van der Waals surface area contributed by atoms with Gasteiger partial charge in [0.25, 0.3) is 0 Å². The van der Waals surface area contributed by atoms with Crippen molar-refractivity contribution in [1.82, 2.24) is 10.3 Å². The first-order valence-corrected chi connectivity index (χ1v) is 7.12. The monoisotopic (exact) mass is 279 g/mol. The molecule has 1 aromatic heterocycles. The van der Waals surface area contributed by atoms with E-state index in [1.165, 1.54) is 0 Å². The van der Waals surface area contributed by atoms with E-state index in [1.54, 1.807) is 6.20 Å². The second-order valence-electron chi connectivity index (χ2n) is 5.71. The number of halogens is 1. The predicted octanol–water partition coefficient (Wildman–Crippen LogP) is 2.37. The number of anilines is 1. The molecule has 1 aromatic rings. The van der Waals surface area contributed by atoms with Crippen LogP contribution in [0.2, 0.25) is 5.15 Å². The Bertz CT molecular complexity index is 511. The highest BCUT2D eigenvalue weighted by Crippen LogP contribution is 2.58. The number of hydrogen-bond acceptors (Lipinski definition) is 3. The number of pyridine rings is 1. The van der Waals surface area contributed by atoms with Crippen LogP contribution < -0.4 is 10.6 Å². The molecule has 1 atom stereocenters. The minimum Gasteiger partial charge on any atom is -0.323 e. The molecular weight excluding hydrogens is 262 g/mol. The topological polar surface area (TPSA) is 54.0 Å². The highest BCUT2D eigenvalue weighted by atomic mass is 35.5. The van der Waals surface area contributed by atoms with Crippen LogP contribution in [0, 0.1) is 18.3 Å². The molecule has 2 fully saturated rings. The smallest absolute Gasteiger partial charge is 0.228 e. The summed E-state index contributed by atoms with van der Waals surface area (Å²) < 4.78 is 0. The Labute approximate surface area is 117 Å². The van der Waals surface area contributed by atoms with E-state index in [4.69, 9.17) is 11.6 Å². The molecule has 1 amide bonds. The average molecular weight is 280 g/mol. The van der Waals surface area contributed by atoms with Crippen molar-refractivity contribution >= 4 is 23.2 Å². The van der Waals surface area contributed by atoms with E-state index in [-0.39, 0.29) is 17.2 Å². The minimum atomic E-state index is 0.0937. The van der Waals surface area contributed by atoms with Gasteiger partial charge in [0.05, 0.1) is 5.69 Å². The van der Waals surface area contributed by atoms with Crippen molar-refractivity contribution in [2.24, 2.45) is 11.3 Å². The average Bonchev–Trinajstić information content (AvgIpc) is 3.08. The molecule has 2 N–H and O–H groups in total. The van der Waals surface area contributed by atoms with Crippen molar-refractivity contribution in [3.63, 3.8) is 0 Å². The van der Waals surface area contributed by atoms with E-state index in [9.17, 15) is 4.79 Å². The maximum atomic E-state index is 12.3. The number of aryl methyl sites for hydroxylation is 1. The fourth-order valence-corrected chi connectivity index (χ4v) is 3.21. The van der Waals surface area contributed by atoms with Crippen LogP contribution in [0.1, 0.15) is 24.8 Å². The molecule has 0 bridgehead atoms. The summed E-state index contributed by atoms with van der Waals surface area (Å²) in [4.78, 5) is 16.3. The molecule has 5 heteroatoms. The molecule has 1 saturated carbocycles. The third-order valence-electron chi connectivity index (χ3n) is 4.34. The summed E-state index contributed by atoms with van der Waals surface area (Å²) in [6, 6.07) is 1.87. The lowest BCUT2D eigenvalue weighted by Crippen LogP contribution is -2.31. The fourth-order valence-electron chi connectivity index (χ4n) is 3.06. The Morgan fingerprint density at radius 2 is 2.26 bits per heavy atom. The number of amides is 1. The van der Waals surface area contributed by atoms with Crippen LogP contribution in [0.3, 0.4) is 0 Å². The molecular formula is C14H18ClN3O. The molecule has 1 aliphatic heterocycles. The third kappa shape index (κ3) is 2.47. The van der Waals surface area contributed by atoms with Crippen molar-refractivity contribution in [3.8, 4) is 0 Å². The summed E-state index contributed by atoms with van der Waals surface area (Å²) in [5, 5.41) is 6.63. The van der Waals surface area contributed by atoms with Crippen molar-refractivity contribution in [3.05, 3.63) is 23.0 Å². The van der Waals surface area contributed by atoms with Crippen molar-refractivity contribution in [2.75, 3.05) is 18.4 Å². The molecule has 1 unspecified atom stereocenters. The fraction of sp³-hybridized carbons (Fsp3) is 0.571. The number of rotatable bonds is 2. The van der Waals surface area contributed by atoms with Gasteiger partial charge in [-0.3, -0.25) is 4.79 Å². The lowest BCUT2D eigenvalue weighted by atomic mass is 9.92. The number of nitrogens with zero attached hydrogens (tertiary/aromatic N) is 1. The quantitative estimate of drug-likeness (QED) is 0.817. The Balaban J connectivity index is 1.68. The zero-order chi connectivity index (χ0) is 13.5. The lowest BCUT2D eigenvalue weighted by molar-refractivity contribution is -0.118. The summed E-state index contributed by atoms with van der Waals surface area (Å²) in [6.45, 7) is 3.98. The van der Waals surface area contributed by atoms with E-state index < -0.39 is 0 Å². The van der Waals surface area contributed by atoms with Crippen LogP contribution in [0.25, 0.3) is 0 Å². The second-order valence-corrected chi connectivity index (χ2v) is 6.07. The summed E-state index contributed by atoms with van der Waals surface area (Å²) in [6.07, 6.45) is 4.91. The first-order valence-electron chi connectivity index (χ1n) is 6.74. The lowest BCUT2D eigenvalue weighted by Gasteiger charge is -2.23. The van der Waals surface area contributed by atoms with Gasteiger partial charge in [0.2, 0.25) is 5.91 Å². The molecule has 19 heavy (non-hydrogen) atoms. The Kier molecular flexibility index (Phi) is 3.23. The maximum Gasteiger partial charge on any atom is 0.228 e. The highest BCUT2D eigenvalue weighted by Gasteiger charge is 2.57. The van der Waals surface area contributed by atoms with Gasteiger partial charge in [0, 0.05) is 12.1 Å². The number of aromatic nitrogens is 1. The summed E-state index contributed by atoms with van der Waals surface area (Å²) >= 11 is 6.01. The van der Waals surface area contributed by atoms with E-state index in [1.807, 2.05) is 13.0 Å². The van der Waals surface area contributed by atoms with Gasteiger partial charge in [-0.05, 0) is 56.3 Å². The highest BCUT2D eigenvalue weighted by molar-refractivity contribution is 6.32. The van der Waals surface area contributed by atoms with E-state index >= 15 is 0 Å². The molecule has 1 saturated heterocycles. The first kappa shape index (κ1) is 12.9. The zero-order valence-corrected chi connectivity index (χ0v) is 11.8. The first-order chi connectivity index (χ1) is 9.11. The molecule has 0 aromatic carbocycles. The molecule has 2 aliphatic rings. The number of piperidine rings is 1. The number of carbonyl (C=O) groups is 1. The van der Waals surface area contributed by atoms with Crippen LogP contribution >= 0.6 is 11.6 Å². The van der Waals surface area contributed by atoms with Gasteiger partial charge in [0.1, 0.15) is 0 Å². The van der Waals surface area contributed by atoms with E-state index in [2.05, 4.69) is 15.6 Å². The summed E-state index contributed by atoms with van der Waals surface area (Å²) in [5.74, 6) is 0.238. The van der Waals surface area contributed by atoms with Gasteiger partial charge in [0.15, 0.2) is 5.15 Å². The number of hydrogen-bond donors (Lipinski definition) is 2. The molecule has 102 valence electrons. The van der Waals surface area contributed by atoms with Crippen LogP contribution in [0.4, 0.5) is 5.69 Å². The molecule has 4 nitrogen and oxygen atoms in total. The van der Waals surface area contributed by atoms with E-state index in [0.717, 1.165) is 37.9 Å². The van der Waals surface area contributed by atoms with Gasteiger partial charge in [-0.25, -0.2) is 4.98 Å². The summed E-state index contributed by atoms with van der Waals surface area (Å²) in [5.41, 5.74) is 1.87. The number of nitrogens with one attached hydrogen (secondary N) is 2. The molecule has 1 spiro atoms. The van der Waals surface area contributed by atoms with Crippen molar-refractivity contribution < 1.29 is 4.79 Å². The van der Waals surface area contributed by atoms with Gasteiger partial charge >= 0.3 is 0 Å². The zero-order valence-electron chi connectivity index (χ0n) is 11.0. The van der Waals surface area contributed by atoms with Crippen LogP contribution in [0.15, 0.2) is 12.3 Å². The second kappa shape index (κ2) is 4.76. The summed E-state index contributed by atoms with van der Waals surface area (Å²) in [7, 11) is 0. The Hall–Kier alpha value is -1.13. The van der Waals surface area contributed by atoms with Crippen LogP contribution in [0.5, 0.6) is 0 Å². The van der Waals surface area contributed by atoms with Crippen molar-refractivity contribution in [2.45, 2.75) is 26.2 Å². The largest absolute Gasteiger partial charge is 0.323 e. The standard InChI is InChI=1S/C14H18ClN3O/c1-9-6-11(12(15)17-8-9)18-13(19)10-7-14(10)2-4-16-5-3-14/h6,8,10,16H,2-5,7H2,1H3,(H,18,19). The SMILES string of the molecule is Cc1cnc(Cl)c(NC(=O)C2CC23CCNCC3)c1. The minimum absolute atomic E-state index is 0.0937. The van der Waals surface area contributed by atoms with Crippen LogP contribution in [-0.2, 0) is 4.79 Å². The predicted molar refractivity (Wildman–Crippen MR) is 75.3 cm³/mol. The van der Waals surface area contributed by atoms with Crippen LogP contribution in [-0.4, -0.2) is 24.0 Å². The number of carbonyl (C=O) groups excluding carboxylic acids is 1. The maximum absolute atomic E-state index is 12.3. The van der Waals surface area contributed by atoms with Gasteiger partial charge < -0.3 is 10.6 Å². The third-order valence-corrected chi connectivity index (χ3v) is 4.64. The Morgan fingerprint density at radius 1 is 1.53 bits per heavy atom. The molecule has 3 rings (SSSR count). The van der Waals surface area contributed by atoms with Gasteiger partial charge in [-0.15, -0.1) is 0 Å². The Morgan fingerprint density at radius 3 is 3.00 bits per heavy atom. The molecule has 2 heterocycles. The molecule has 1 aliphatic carbocycles. The molecule has 0 radical (unpaired) electrons. The normalized spacial score (nSPS) is 24.2. The van der Waals surface area contributed by atoms with Crippen molar-refractivity contribution in [1.29, 1.82) is 0 Å². The van der Waals surface area contributed by atoms with E-state index in [0.29, 0.717) is 10.8 Å². The van der Waals surface area contributed by atoms with Gasteiger partial charge in [-0.2, -0.15) is 0 Å².